The Morgan fingerprint density at radius 1 is 1.08 bits per heavy atom. The molecule has 0 fully saturated rings. The van der Waals surface area contributed by atoms with E-state index < -0.39 is 6.10 Å². The number of aliphatic hydroxyl groups is 1. The van der Waals surface area contributed by atoms with Gasteiger partial charge in [-0.05, 0) is 43.7 Å². The van der Waals surface area contributed by atoms with Crippen LogP contribution < -0.4 is 15.4 Å². The first-order chi connectivity index (χ1) is 12.5. The summed E-state index contributed by atoms with van der Waals surface area (Å²) in [4.78, 5) is 23.1. The number of carbonyl (C=O) groups excluding carboxylic acids is 2. The third-order valence-corrected chi connectivity index (χ3v) is 3.81. The Morgan fingerprint density at radius 2 is 1.73 bits per heavy atom. The SMILES string of the molecule is CC(=O)c1ccc(OCC(=O)NC(C)NCC(O)c2ccccc2)cc1. The van der Waals surface area contributed by atoms with Gasteiger partial charge in [0.25, 0.3) is 5.91 Å². The predicted molar refractivity (Wildman–Crippen MR) is 99.0 cm³/mol. The van der Waals surface area contributed by atoms with Crippen LogP contribution in [-0.2, 0) is 4.79 Å². The summed E-state index contributed by atoms with van der Waals surface area (Å²) in [6.07, 6.45) is -0.962. The molecule has 0 aromatic heterocycles. The number of nitrogens with one attached hydrogen (secondary N) is 2. The van der Waals surface area contributed by atoms with Crippen molar-refractivity contribution in [2.45, 2.75) is 26.1 Å². The summed E-state index contributed by atoms with van der Waals surface area (Å²) in [6.45, 7) is 3.47. The van der Waals surface area contributed by atoms with Crippen molar-refractivity contribution in [2.75, 3.05) is 13.2 Å². The van der Waals surface area contributed by atoms with E-state index >= 15 is 0 Å². The number of amides is 1. The van der Waals surface area contributed by atoms with Gasteiger partial charge in [0.2, 0.25) is 0 Å². The summed E-state index contributed by atoms with van der Waals surface area (Å²) < 4.78 is 5.40. The molecular formula is C20H24N2O4. The Labute approximate surface area is 153 Å². The van der Waals surface area contributed by atoms with E-state index in [1.54, 1.807) is 31.2 Å². The van der Waals surface area contributed by atoms with Gasteiger partial charge in [-0.3, -0.25) is 14.9 Å². The zero-order valence-electron chi connectivity index (χ0n) is 14.9. The number of Topliss-reactive ketones (excluding diaryl/α,β-unsaturated/α-hetero) is 1. The van der Waals surface area contributed by atoms with Gasteiger partial charge in [-0.2, -0.15) is 0 Å². The zero-order chi connectivity index (χ0) is 18.9. The van der Waals surface area contributed by atoms with Gasteiger partial charge in [0.05, 0.1) is 12.3 Å². The Balaban J connectivity index is 1.70. The third-order valence-electron chi connectivity index (χ3n) is 3.81. The molecule has 2 atom stereocenters. The van der Waals surface area contributed by atoms with Crippen molar-refractivity contribution in [1.29, 1.82) is 0 Å². The zero-order valence-corrected chi connectivity index (χ0v) is 14.9. The van der Waals surface area contributed by atoms with Crippen molar-refractivity contribution >= 4 is 11.7 Å². The molecule has 0 heterocycles. The summed E-state index contributed by atoms with van der Waals surface area (Å²) in [6, 6.07) is 15.9. The van der Waals surface area contributed by atoms with E-state index in [1.807, 2.05) is 30.3 Å². The van der Waals surface area contributed by atoms with Crippen LogP contribution in [-0.4, -0.2) is 36.1 Å². The molecule has 2 aromatic carbocycles. The van der Waals surface area contributed by atoms with Crippen LogP contribution in [0, 0.1) is 0 Å². The van der Waals surface area contributed by atoms with Crippen LogP contribution in [0.1, 0.15) is 35.9 Å². The van der Waals surface area contributed by atoms with Crippen molar-refractivity contribution in [2.24, 2.45) is 0 Å². The van der Waals surface area contributed by atoms with Gasteiger partial charge < -0.3 is 15.2 Å². The van der Waals surface area contributed by atoms with Crippen LogP contribution in [0.3, 0.4) is 0 Å². The maximum atomic E-state index is 11.9. The minimum Gasteiger partial charge on any atom is -0.484 e. The highest BCUT2D eigenvalue weighted by Crippen LogP contribution is 2.12. The van der Waals surface area contributed by atoms with Gasteiger partial charge in [0.1, 0.15) is 5.75 Å². The third kappa shape index (κ3) is 6.31. The number of benzene rings is 2. The van der Waals surface area contributed by atoms with Crippen molar-refractivity contribution in [3.63, 3.8) is 0 Å². The highest BCUT2D eigenvalue weighted by atomic mass is 16.5. The Hall–Kier alpha value is -2.70. The standard InChI is InChI=1S/C20H24N2O4/c1-14(23)16-8-10-18(11-9-16)26-13-20(25)22-15(2)21-12-19(24)17-6-4-3-5-7-17/h3-11,15,19,21,24H,12-13H2,1-2H3,(H,22,25). The fourth-order valence-corrected chi connectivity index (χ4v) is 2.35. The first-order valence-corrected chi connectivity index (χ1v) is 8.45. The van der Waals surface area contributed by atoms with E-state index in [0.29, 0.717) is 17.9 Å². The number of hydrogen-bond donors (Lipinski definition) is 3. The summed E-state index contributed by atoms with van der Waals surface area (Å²) in [7, 11) is 0. The number of ether oxygens (including phenoxy) is 1. The smallest absolute Gasteiger partial charge is 0.259 e. The van der Waals surface area contributed by atoms with Gasteiger partial charge in [-0.15, -0.1) is 0 Å². The topological polar surface area (TPSA) is 87.7 Å². The molecule has 1 amide bonds. The maximum absolute atomic E-state index is 11.9. The minimum absolute atomic E-state index is 0.0214. The van der Waals surface area contributed by atoms with E-state index in [9.17, 15) is 14.7 Å². The molecular weight excluding hydrogens is 332 g/mol. The fourth-order valence-electron chi connectivity index (χ4n) is 2.35. The quantitative estimate of drug-likeness (QED) is 0.473. The normalized spacial score (nSPS) is 12.9. The van der Waals surface area contributed by atoms with Gasteiger partial charge in [-0.1, -0.05) is 30.3 Å². The van der Waals surface area contributed by atoms with E-state index in [1.165, 1.54) is 6.92 Å². The molecule has 6 heteroatoms. The second kappa shape index (κ2) is 9.70. The number of carbonyl (C=O) groups is 2. The molecule has 2 aromatic rings. The van der Waals surface area contributed by atoms with E-state index in [2.05, 4.69) is 10.6 Å². The van der Waals surface area contributed by atoms with Crippen molar-refractivity contribution in [1.82, 2.24) is 10.6 Å². The lowest BCUT2D eigenvalue weighted by atomic mass is 10.1. The molecule has 0 aliphatic heterocycles. The first-order valence-electron chi connectivity index (χ1n) is 8.45. The van der Waals surface area contributed by atoms with Crippen LogP contribution in [0.5, 0.6) is 5.75 Å². The summed E-state index contributed by atoms with van der Waals surface area (Å²) in [5, 5.41) is 15.9. The average molecular weight is 356 g/mol. The van der Waals surface area contributed by atoms with E-state index in [-0.39, 0.29) is 24.5 Å². The molecule has 138 valence electrons. The molecule has 0 aliphatic rings. The first kappa shape index (κ1) is 19.6. The van der Waals surface area contributed by atoms with E-state index in [4.69, 9.17) is 4.74 Å². The van der Waals surface area contributed by atoms with Crippen LogP contribution in [0.15, 0.2) is 54.6 Å². The second-order valence-corrected chi connectivity index (χ2v) is 5.99. The van der Waals surface area contributed by atoms with Gasteiger partial charge in [-0.25, -0.2) is 0 Å². The number of rotatable bonds is 9. The lowest BCUT2D eigenvalue weighted by Crippen LogP contribution is -2.46. The Kier molecular flexibility index (Phi) is 7.32. The lowest BCUT2D eigenvalue weighted by molar-refractivity contribution is -0.123. The highest BCUT2D eigenvalue weighted by Gasteiger charge is 2.11. The summed E-state index contributed by atoms with van der Waals surface area (Å²) in [5.74, 6) is 0.215. The lowest BCUT2D eigenvalue weighted by Gasteiger charge is -2.18. The van der Waals surface area contributed by atoms with Crippen molar-refractivity contribution in [3.8, 4) is 5.75 Å². The van der Waals surface area contributed by atoms with Crippen molar-refractivity contribution < 1.29 is 19.4 Å². The molecule has 0 spiro atoms. The molecule has 0 radical (unpaired) electrons. The fraction of sp³-hybridized carbons (Fsp3) is 0.300. The summed E-state index contributed by atoms with van der Waals surface area (Å²) >= 11 is 0. The monoisotopic (exact) mass is 356 g/mol. The van der Waals surface area contributed by atoms with Gasteiger partial charge in [0, 0.05) is 12.1 Å². The summed E-state index contributed by atoms with van der Waals surface area (Å²) in [5.41, 5.74) is 1.41. The largest absolute Gasteiger partial charge is 0.484 e. The number of ketones is 1. The van der Waals surface area contributed by atoms with Crippen molar-refractivity contribution in [3.05, 3.63) is 65.7 Å². The number of hydrogen-bond acceptors (Lipinski definition) is 5. The molecule has 0 bridgehead atoms. The molecule has 0 saturated heterocycles. The van der Waals surface area contributed by atoms with Crippen LogP contribution in [0.2, 0.25) is 0 Å². The molecule has 0 aliphatic carbocycles. The molecule has 26 heavy (non-hydrogen) atoms. The highest BCUT2D eigenvalue weighted by molar-refractivity contribution is 5.94. The molecule has 2 unspecified atom stereocenters. The number of aliphatic hydroxyl groups excluding tert-OH is 1. The maximum Gasteiger partial charge on any atom is 0.259 e. The Bertz CT molecular complexity index is 716. The van der Waals surface area contributed by atoms with E-state index in [0.717, 1.165) is 5.56 Å². The van der Waals surface area contributed by atoms with Gasteiger partial charge in [0.15, 0.2) is 12.4 Å². The molecule has 3 N–H and O–H groups in total. The van der Waals surface area contributed by atoms with Crippen LogP contribution in [0.4, 0.5) is 0 Å². The molecule has 2 rings (SSSR count). The van der Waals surface area contributed by atoms with Crippen LogP contribution >= 0.6 is 0 Å². The second-order valence-electron chi connectivity index (χ2n) is 5.99. The molecule has 0 saturated carbocycles. The molecule has 6 nitrogen and oxygen atoms in total. The predicted octanol–water partition coefficient (Wildman–Crippen LogP) is 2.05. The average Bonchev–Trinajstić information content (AvgIpc) is 2.65. The van der Waals surface area contributed by atoms with Crippen LogP contribution in [0.25, 0.3) is 0 Å². The van der Waals surface area contributed by atoms with Gasteiger partial charge >= 0.3 is 0 Å². The Morgan fingerprint density at radius 3 is 2.35 bits per heavy atom. The minimum atomic E-state index is -0.647.